The van der Waals surface area contributed by atoms with E-state index in [-0.39, 0.29) is 24.0 Å². The summed E-state index contributed by atoms with van der Waals surface area (Å²) in [5.41, 5.74) is 2.08. The quantitative estimate of drug-likeness (QED) is 0.0284. The van der Waals surface area contributed by atoms with Gasteiger partial charge in [-0.15, -0.1) is 0 Å². The Bertz CT molecular complexity index is 1340. The first-order valence-electron chi connectivity index (χ1n) is 26.0. The van der Waals surface area contributed by atoms with Crippen molar-refractivity contribution in [2.45, 2.75) is 225 Å². The van der Waals surface area contributed by atoms with Gasteiger partial charge in [-0.2, -0.15) is 0 Å². The Labute approximate surface area is 391 Å². The molecule has 0 aliphatic carbocycles. The van der Waals surface area contributed by atoms with Gasteiger partial charge in [-0.25, -0.2) is 0 Å². The first-order chi connectivity index (χ1) is 31.4. The van der Waals surface area contributed by atoms with Gasteiger partial charge in [-0.1, -0.05) is 175 Å². The maximum atomic E-state index is 12.6. The molecule has 64 heavy (non-hydrogen) atoms. The minimum Gasteiger partial charge on any atom is -0.462 e. The number of unbranched alkanes of at least 4 members (excludes halogenated alkanes) is 22. The number of carbonyl (C=O) groups excluding carboxylic acids is 3. The lowest BCUT2D eigenvalue weighted by molar-refractivity contribution is -0.150. The summed E-state index contributed by atoms with van der Waals surface area (Å²) in [5.74, 6) is -0.197. The van der Waals surface area contributed by atoms with Crippen molar-refractivity contribution in [3.63, 3.8) is 0 Å². The molecule has 0 unspecified atom stereocenters. The van der Waals surface area contributed by atoms with Crippen LogP contribution in [0, 0.1) is 0 Å². The van der Waals surface area contributed by atoms with Crippen molar-refractivity contribution in [3.8, 4) is 0 Å². The molecule has 0 N–H and O–H groups in total. The number of benzene rings is 2. The lowest BCUT2D eigenvalue weighted by Gasteiger charge is -2.18. The zero-order valence-electron chi connectivity index (χ0n) is 40.8. The molecule has 0 radical (unpaired) electrons. The summed E-state index contributed by atoms with van der Waals surface area (Å²) in [7, 11) is 4.10. The van der Waals surface area contributed by atoms with E-state index in [2.05, 4.69) is 43.3 Å². The standard InChI is InChI=1S/C57H91NO6/c1-58(2)49-39-48-57(61)64-54(44-35-25-21-17-13-9-5-3-7-11-15-19-23-27-37-46-55(59)62-50-52-40-31-29-32-41-52)45-36-26-22-18-14-10-6-4-8-12-16-20-24-28-38-47-56(60)63-51-53-42-33-30-34-43-53/h3-4,7-8,29-34,40-43,54H,5-6,9-28,35-39,44-51H2,1-2H3. The summed E-state index contributed by atoms with van der Waals surface area (Å²) < 4.78 is 16.8. The molecule has 0 saturated carbocycles. The Kier molecular flexibility index (Phi) is 37.0. The van der Waals surface area contributed by atoms with E-state index in [0.717, 1.165) is 88.3 Å². The van der Waals surface area contributed by atoms with E-state index in [1.54, 1.807) is 0 Å². The van der Waals surface area contributed by atoms with Gasteiger partial charge in [0.15, 0.2) is 0 Å². The van der Waals surface area contributed by atoms with E-state index in [4.69, 9.17) is 14.2 Å². The van der Waals surface area contributed by atoms with Crippen molar-refractivity contribution in [1.29, 1.82) is 0 Å². The Balaban J connectivity index is 1.40. The third-order valence-corrected chi connectivity index (χ3v) is 11.9. The fourth-order valence-corrected chi connectivity index (χ4v) is 7.94. The van der Waals surface area contributed by atoms with E-state index >= 15 is 0 Å². The molecule has 360 valence electrons. The lowest BCUT2D eigenvalue weighted by Crippen LogP contribution is -2.20. The second kappa shape index (κ2) is 42.0. The van der Waals surface area contributed by atoms with E-state index in [1.807, 2.05) is 60.7 Å². The van der Waals surface area contributed by atoms with Crippen LogP contribution in [-0.2, 0) is 41.8 Å². The van der Waals surface area contributed by atoms with Crippen LogP contribution in [0.2, 0.25) is 0 Å². The van der Waals surface area contributed by atoms with Gasteiger partial charge in [-0.05, 0) is 128 Å². The van der Waals surface area contributed by atoms with Crippen molar-refractivity contribution >= 4 is 17.9 Å². The molecule has 0 aliphatic heterocycles. The van der Waals surface area contributed by atoms with Crippen LogP contribution in [0.5, 0.6) is 0 Å². The molecular formula is C57H91NO6. The smallest absolute Gasteiger partial charge is 0.306 e. The maximum Gasteiger partial charge on any atom is 0.306 e. The number of rotatable bonds is 43. The number of nitrogens with zero attached hydrogens (tertiary/aromatic N) is 1. The fourth-order valence-electron chi connectivity index (χ4n) is 7.94. The van der Waals surface area contributed by atoms with Gasteiger partial charge in [-0.3, -0.25) is 14.4 Å². The molecule has 0 saturated heterocycles. The summed E-state index contributed by atoms with van der Waals surface area (Å²) in [6.45, 7) is 1.66. The zero-order valence-corrected chi connectivity index (χ0v) is 40.8. The first-order valence-corrected chi connectivity index (χ1v) is 26.0. The Morgan fingerprint density at radius 3 is 1.12 bits per heavy atom. The number of hydrogen-bond donors (Lipinski definition) is 0. The summed E-state index contributed by atoms with van der Waals surface area (Å²) in [6, 6.07) is 19.7. The normalized spacial score (nSPS) is 12.0. The molecule has 0 bridgehead atoms. The molecule has 2 aromatic rings. The molecule has 0 aliphatic rings. The van der Waals surface area contributed by atoms with Crippen LogP contribution < -0.4 is 0 Å². The molecular weight excluding hydrogens is 795 g/mol. The summed E-state index contributed by atoms with van der Waals surface area (Å²) in [6.07, 6.45) is 44.9. The van der Waals surface area contributed by atoms with E-state index in [1.165, 1.54) is 116 Å². The van der Waals surface area contributed by atoms with Gasteiger partial charge in [0.1, 0.15) is 19.3 Å². The largest absolute Gasteiger partial charge is 0.462 e. The SMILES string of the molecule is CN(C)CCCC(=O)OC(CCCCCCCCC=CCCCCCCCC(=O)OCc1ccccc1)CCCCCCCCC=CCCCCCCCC(=O)OCc1ccccc1. The molecule has 7 nitrogen and oxygen atoms in total. The number of hydrogen-bond acceptors (Lipinski definition) is 7. The number of carbonyl (C=O) groups is 3. The highest BCUT2D eigenvalue weighted by molar-refractivity contribution is 5.70. The van der Waals surface area contributed by atoms with Crippen molar-refractivity contribution in [3.05, 3.63) is 96.1 Å². The Hall–Kier alpha value is -3.71. The minimum absolute atomic E-state index is 0.0177. The summed E-state index contributed by atoms with van der Waals surface area (Å²) >= 11 is 0. The molecule has 0 atom stereocenters. The van der Waals surface area contributed by atoms with E-state index in [0.29, 0.717) is 32.5 Å². The molecule has 2 aromatic carbocycles. The molecule has 0 spiro atoms. The molecule has 2 rings (SSSR count). The van der Waals surface area contributed by atoms with Gasteiger partial charge in [0, 0.05) is 19.3 Å². The second-order valence-corrected chi connectivity index (χ2v) is 18.3. The van der Waals surface area contributed by atoms with Crippen molar-refractivity contribution in [1.82, 2.24) is 4.90 Å². The van der Waals surface area contributed by atoms with E-state index in [9.17, 15) is 14.4 Å². The summed E-state index contributed by atoms with van der Waals surface area (Å²) in [4.78, 5) is 38.7. The first kappa shape index (κ1) is 56.4. The topological polar surface area (TPSA) is 82.1 Å². The zero-order chi connectivity index (χ0) is 45.8. The number of ether oxygens (including phenoxy) is 3. The van der Waals surface area contributed by atoms with E-state index < -0.39 is 0 Å². The van der Waals surface area contributed by atoms with Crippen LogP contribution >= 0.6 is 0 Å². The average Bonchev–Trinajstić information content (AvgIpc) is 3.30. The predicted molar refractivity (Wildman–Crippen MR) is 267 cm³/mol. The molecule has 0 amide bonds. The van der Waals surface area contributed by atoms with Crippen molar-refractivity contribution in [2.24, 2.45) is 0 Å². The number of allylic oxidation sites excluding steroid dienone is 4. The summed E-state index contributed by atoms with van der Waals surface area (Å²) in [5, 5.41) is 0. The van der Waals surface area contributed by atoms with Gasteiger partial charge < -0.3 is 19.1 Å². The molecule has 0 fully saturated rings. The molecule has 0 heterocycles. The minimum atomic E-state index is -0.0895. The number of esters is 3. The highest BCUT2D eigenvalue weighted by atomic mass is 16.5. The van der Waals surface area contributed by atoms with Gasteiger partial charge in [0.25, 0.3) is 0 Å². The third-order valence-electron chi connectivity index (χ3n) is 11.9. The second-order valence-electron chi connectivity index (χ2n) is 18.3. The fraction of sp³-hybridized carbons (Fsp3) is 0.667. The Morgan fingerprint density at radius 2 is 0.750 bits per heavy atom. The predicted octanol–water partition coefficient (Wildman–Crippen LogP) is 15.5. The van der Waals surface area contributed by atoms with Crippen LogP contribution in [0.4, 0.5) is 0 Å². The van der Waals surface area contributed by atoms with Crippen LogP contribution in [0.25, 0.3) is 0 Å². The van der Waals surface area contributed by atoms with Crippen molar-refractivity contribution < 1.29 is 28.6 Å². The lowest BCUT2D eigenvalue weighted by atomic mass is 10.0. The van der Waals surface area contributed by atoms with Crippen LogP contribution in [0.15, 0.2) is 85.0 Å². The molecule has 0 aromatic heterocycles. The monoisotopic (exact) mass is 886 g/mol. The van der Waals surface area contributed by atoms with Crippen LogP contribution in [-0.4, -0.2) is 49.6 Å². The Morgan fingerprint density at radius 1 is 0.422 bits per heavy atom. The van der Waals surface area contributed by atoms with Gasteiger partial charge in [0.2, 0.25) is 0 Å². The van der Waals surface area contributed by atoms with Gasteiger partial charge >= 0.3 is 17.9 Å². The highest BCUT2D eigenvalue weighted by Gasteiger charge is 2.14. The van der Waals surface area contributed by atoms with Crippen LogP contribution in [0.3, 0.4) is 0 Å². The maximum absolute atomic E-state index is 12.6. The highest BCUT2D eigenvalue weighted by Crippen LogP contribution is 2.19. The van der Waals surface area contributed by atoms with Gasteiger partial charge in [0.05, 0.1) is 0 Å². The van der Waals surface area contributed by atoms with Crippen molar-refractivity contribution in [2.75, 3.05) is 20.6 Å². The average molecular weight is 886 g/mol. The third kappa shape index (κ3) is 36.6. The molecule has 7 heteroatoms. The van der Waals surface area contributed by atoms with Crippen LogP contribution in [0.1, 0.15) is 217 Å².